The number of phenolic OH excluding ortho intramolecular Hbond substituents is 1. The summed E-state index contributed by atoms with van der Waals surface area (Å²) >= 11 is 12.1. The fourth-order valence-corrected chi connectivity index (χ4v) is 3.23. The Balaban J connectivity index is 1.92. The van der Waals surface area contributed by atoms with Crippen LogP contribution in [0.4, 0.5) is 0 Å². The number of halogens is 2. The lowest BCUT2D eigenvalue weighted by Gasteiger charge is -2.10. The van der Waals surface area contributed by atoms with Crippen molar-refractivity contribution in [3.63, 3.8) is 0 Å². The standard InChI is InChI=1S/C19H12Cl2N2O/c20-14-9-11(10-15(21)18(14)24)12-5-1-2-6-13(12)19-22-16-7-3-4-8-17(16)23-19/h1-10,24H,(H,22,23). The van der Waals surface area contributed by atoms with Crippen molar-refractivity contribution in [3.05, 3.63) is 70.7 Å². The van der Waals surface area contributed by atoms with Gasteiger partial charge in [0.1, 0.15) is 5.82 Å². The average Bonchev–Trinajstić information content (AvgIpc) is 3.03. The molecule has 4 rings (SSSR count). The summed E-state index contributed by atoms with van der Waals surface area (Å²) < 4.78 is 0. The molecule has 0 aliphatic carbocycles. The average molecular weight is 355 g/mol. The molecule has 0 aliphatic heterocycles. The highest BCUT2D eigenvalue weighted by Gasteiger charge is 2.14. The molecule has 2 N–H and O–H groups in total. The fraction of sp³-hybridized carbons (Fsp3) is 0. The summed E-state index contributed by atoms with van der Waals surface area (Å²) in [5.74, 6) is 0.662. The molecule has 4 aromatic rings. The van der Waals surface area contributed by atoms with E-state index in [-0.39, 0.29) is 15.8 Å². The largest absolute Gasteiger partial charge is 0.505 e. The van der Waals surface area contributed by atoms with Gasteiger partial charge in [0, 0.05) is 5.56 Å². The number of benzene rings is 3. The molecule has 1 heterocycles. The third kappa shape index (κ3) is 2.52. The van der Waals surface area contributed by atoms with Crippen molar-refractivity contribution < 1.29 is 5.11 Å². The summed E-state index contributed by atoms with van der Waals surface area (Å²) in [5, 5.41) is 10.2. The Hall–Kier alpha value is -2.49. The lowest BCUT2D eigenvalue weighted by atomic mass is 9.99. The maximum Gasteiger partial charge on any atom is 0.152 e. The quantitative estimate of drug-likeness (QED) is 0.470. The molecular formula is C19H12Cl2N2O. The molecule has 0 amide bonds. The molecule has 118 valence electrons. The van der Waals surface area contributed by atoms with E-state index in [9.17, 15) is 5.11 Å². The Morgan fingerprint density at radius 3 is 2.17 bits per heavy atom. The molecule has 0 spiro atoms. The minimum absolute atomic E-state index is 0.108. The second-order valence-electron chi connectivity index (χ2n) is 5.44. The van der Waals surface area contributed by atoms with Crippen molar-refractivity contribution in [3.8, 4) is 28.3 Å². The Morgan fingerprint density at radius 1 is 0.833 bits per heavy atom. The number of aromatic hydroxyl groups is 1. The van der Waals surface area contributed by atoms with Crippen molar-refractivity contribution in [2.75, 3.05) is 0 Å². The number of phenols is 1. The van der Waals surface area contributed by atoms with Crippen LogP contribution < -0.4 is 0 Å². The number of H-pyrrole nitrogens is 1. The van der Waals surface area contributed by atoms with E-state index in [2.05, 4.69) is 9.97 Å². The summed E-state index contributed by atoms with van der Waals surface area (Å²) in [6.45, 7) is 0. The van der Waals surface area contributed by atoms with Crippen molar-refractivity contribution in [2.45, 2.75) is 0 Å². The van der Waals surface area contributed by atoms with Crippen LogP contribution in [-0.4, -0.2) is 15.1 Å². The second-order valence-corrected chi connectivity index (χ2v) is 6.25. The van der Waals surface area contributed by atoms with Crippen LogP contribution in [0.1, 0.15) is 0 Å². The normalized spacial score (nSPS) is 11.1. The van der Waals surface area contributed by atoms with Gasteiger partial charge in [0.2, 0.25) is 0 Å². The van der Waals surface area contributed by atoms with Crippen LogP contribution in [0.25, 0.3) is 33.5 Å². The molecule has 0 atom stereocenters. The molecule has 3 aromatic carbocycles. The number of aromatic amines is 1. The highest BCUT2D eigenvalue weighted by Crippen LogP contribution is 2.39. The highest BCUT2D eigenvalue weighted by atomic mass is 35.5. The van der Waals surface area contributed by atoms with Gasteiger partial charge < -0.3 is 10.1 Å². The number of hydrogen-bond donors (Lipinski definition) is 2. The molecule has 0 saturated carbocycles. The van der Waals surface area contributed by atoms with Gasteiger partial charge in [-0.1, -0.05) is 59.6 Å². The lowest BCUT2D eigenvalue weighted by molar-refractivity contribution is 0.476. The molecule has 0 bridgehead atoms. The number of fused-ring (bicyclic) bond motifs is 1. The summed E-state index contributed by atoms with van der Waals surface area (Å²) in [6.07, 6.45) is 0. The van der Waals surface area contributed by atoms with Gasteiger partial charge >= 0.3 is 0 Å². The molecule has 5 heteroatoms. The number of rotatable bonds is 2. The Morgan fingerprint density at radius 2 is 1.46 bits per heavy atom. The fourth-order valence-electron chi connectivity index (χ4n) is 2.74. The molecule has 3 nitrogen and oxygen atoms in total. The van der Waals surface area contributed by atoms with E-state index in [1.54, 1.807) is 12.1 Å². The number of nitrogens with one attached hydrogen (secondary N) is 1. The molecule has 0 radical (unpaired) electrons. The van der Waals surface area contributed by atoms with Gasteiger partial charge in [0.25, 0.3) is 0 Å². The first-order valence-electron chi connectivity index (χ1n) is 7.36. The zero-order valence-corrected chi connectivity index (χ0v) is 13.9. The summed E-state index contributed by atoms with van der Waals surface area (Å²) in [6, 6.07) is 19.1. The minimum atomic E-state index is -0.108. The van der Waals surface area contributed by atoms with E-state index in [0.717, 1.165) is 33.5 Å². The van der Waals surface area contributed by atoms with Gasteiger partial charge in [0.15, 0.2) is 5.75 Å². The maximum absolute atomic E-state index is 9.78. The SMILES string of the molecule is Oc1c(Cl)cc(-c2ccccc2-c2nc3ccccc3[nH]2)cc1Cl. The molecule has 0 aliphatic rings. The van der Waals surface area contributed by atoms with Crippen LogP contribution >= 0.6 is 23.2 Å². The topological polar surface area (TPSA) is 48.9 Å². The number of imidazole rings is 1. The van der Waals surface area contributed by atoms with Crippen LogP contribution in [0.2, 0.25) is 10.0 Å². The Kier molecular flexibility index (Phi) is 3.68. The number of para-hydroxylation sites is 2. The monoisotopic (exact) mass is 354 g/mol. The molecular weight excluding hydrogens is 343 g/mol. The first kappa shape index (κ1) is 15.1. The van der Waals surface area contributed by atoms with Gasteiger partial charge in [-0.25, -0.2) is 4.98 Å². The van der Waals surface area contributed by atoms with Gasteiger partial charge in [-0.3, -0.25) is 0 Å². The summed E-state index contributed by atoms with van der Waals surface area (Å²) in [7, 11) is 0. The molecule has 24 heavy (non-hydrogen) atoms. The number of nitrogens with zero attached hydrogens (tertiary/aromatic N) is 1. The van der Waals surface area contributed by atoms with Crippen LogP contribution in [0.15, 0.2) is 60.7 Å². The number of aromatic nitrogens is 2. The van der Waals surface area contributed by atoms with Gasteiger partial charge in [-0.15, -0.1) is 0 Å². The van der Waals surface area contributed by atoms with Crippen LogP contribution in [-0.2, 0) is 0 Å². The Bertz CT molecular complexity index is 1000. The molecule has 0 fully saturated rings. The minimum Gasteiger partial charge on any atom is -0.505 e. The van der Waals surface area contributed by atoms with Crippen LogP contribution in [0.3, 0.4) is 0 Å². The zero-order chi connectivity index (χ0) is 16.7. The third-order valence-corrected chi connectivity index (χ3v) is 4.48. The smallest absolute Gasteiger partial charge is 0.152 e. The second kappa shape index (κ2) is 5.86. The van der Waals surface area contributed by atoms with Crippen LogP contribution in [0.5, 0.6) is 5.75 Å². The summed E-state index contributed by atoms with van der Waals surface area (Å²) in [5.41, 5.74) is 4.57. The van der Waals surface area contributed by atoms with Gasteiger partial charge in [0.05, 0.1) is 21.1 Å². The van der Waals surface area contributed by atoms with Crippen molar-refractivity contribution in [2.24, 2.45) is 0 Å². The number of hydrogen-bond acceptors (Lipinski definition) is 2. The van der Waals surface area contributed by atoms with Crippen molar-refractivity contribution >= 4 is 34.2 Å². The predicted molar refractivity (Wildman–Crippen MR) is 98.7 cm³/mol. The van der Waals surface area contributed by atoms with E-state index in [0.29, 0.717) is 0 Å². The van der Waals surface area contributed by atoms with Gasteiger partial charge in [-0.05, 0) is 35.4 Å². The first-order chi connectivity index (χ1) is 11.6. The van der Waals surface area contributed by atoms with E-state index >= 15 is 0 Å². The summed E-state index contributed by atoms with van der Waals surface area (Å²) in [4.78, 5) is 8.00. The third-order valence-electron chi connectivity index (χ3n) is 3.90. The molecule has 0 unspecified atom stereocenters. The highest BCUT2D eigenvalue weighted by molar-refractivity contribution is 6.37. The van der Waals surface area contributed by atoms with Crippen molar-refractivity contribution in [1.29, 1.82) is 0 Å². The van der Waals surface area contributed by atoms with Gasteiger partial charge in [-0.2, -0.15) is 0 Å². The lowest BCUT2D eigenvalue weighted by Crippen LogP contribution is -1.87. The van der Waals surface area contributed by atoms with E-state index < -0.39 is 0 Å². The van der Waals surface area contributed by atoms with E-state index in [1.165, 1.54) is 0 Å². The van der Waals surface area contributed by atoms with E-state index in [1.807, 2.05) is 48.5 Å². The van der Waals surface area contributed by atoms with Crippen molar-refractivity contribution in [1.82, 2.24) is 9.97 Å². The predicted octanol–water partition coefficient (Wildman–Crippen LogP) is 5.91. The zero-order valence-electron chi connectivity index (χ0n) is 12.4. The molecule has 0 saturated heterocycles. The maximum atomic E-state index is 9.78. The van der Waals surface area contributed by atoms with Crippen LogP contribution in [0, 0.1) is 0 Å². The van der Waals surface area contributed by atoms with E-state index in [4.69, 9.17) is 23.2 Å². The first-order valence-corrected chi connectivity index (χ1v) is 8.11. The molecule has 1 aromatic heterocycles. The Labute approximate surface area is 148 Å².